The molecule has 1 atom stereocenters. The van der Waals surface area contributed by atoms with Crippen LogP contribution < -0.4 is 0 Å². The molecule has 4 nitrogen and oxygen atoms in total. The molecule has 1 aliphatic carbocycles. The Labute approximate surface area is 120 Å². The van der Waals surface area contributed by atoms with Gasteiger partial charge in [0.2, 0.25) is 0 Å². The zero-order valence-electron chi connectivity index (χ0n) is 12.0. The van der Waals surface area contributed by atoms with E-state index in [1.165, 1.54) is 0 Å². The van der Waals surface area contributed by atoms with Gasteiger partial charge in [0.15, 0.2) is 0 Å². The summed E-state index contributed by atoms with van der Waals surface area (Å²) in [7, 11) is 0. The maximum Gasteiger partial charge on any atom is 0.410 e. The monoisotopic (exact) mass is 277 g/mol. The molecule has 1 aliphatic rings. The van der Waals surface area contributed by atoms with Gasteiger partial charge in [0.05, 0.1) is 12.6 Å². The van der Waals surface area contributed by atoms with E-state index >= 15 is 0 Å². The third kappa shape index (κ3) is 3.73. The molecule has 4 heteroatoms. The molecule has 1 aromatic rings. The second-order valence-electron chi connectivity index (χ2n) is 5.42. The van der Waals surface area contributed by atoms with Gasteiger partial charge in [0.25, 0.3) is 0 Å². The normalized spacial score (nSPS) is 16.9. The Balaban J connectivity index is 1.95. The molecule has 0 aliphatic heterocycles. The number of aliphatic hydroxyl groups is 1. The Bertz CT molecular complexity index is 415. The first-order valence-electron chi connectivity index (χ1n) is 7.32. The zero-order chi connectivity index (χ0) is 14.4. The highest BCUT2D eigenvalue weighted by atomic mass is 16.6. The van der Waals surface area contributed by atoms with E-state index in [2.05, 4.69) is 0 Å². The smallest absolute Gasteiger partial charge is 0.410 e. The molecule has 0 spiro atoms. The molecular weight excluding hydrogens is 254 g/mol. The van der Waals surface area contributed by atoms with Gasteiger partial charge >= 0.3 is 6.09 Å². The number of amides is 1. The fourth-order valence-electron chi connectivity index (χ4n) is 2.75. The fourth-order valence-corrected chi connectivity index (χ4v) is 2.75. The Kier molecular flexibility index (Phi) is 5.41. The first kappa shape index (κ1) is 14.9. The van der Waals surface area contributed by atoms with E-state index in [1.54, 1.807) is 4.90 Å². The highest BCUT2D eigenvalue weighted by Gasteiger charge is 2.31. The van der Waals surface area contributed by atoms with Crippen molar-refractivity contribution in [3.8, 4) is 0 Å². The van der Waals surface area contributed by atoms with Crippen LogP contribution in [0.1, 0.15) is 38.2 Å². The van der Waals surface area contributed by atoms with Gasteiger partial charge in [-0.3, -0.25) is 0 Å². The van der Waals surface area contributed by atoms with Crippen molar-refractivity contribution in [2.45, 2.75) is 51.3 Å². The number of nitrogens with zero attached hydrogens (tertiary/aromatic N) is 1. The van der Waals surface area contributed by atoms with Crippen molar-refractivity contribution in [2.24, 2.45) is 0 Å². The molecule has 0 saturated heterocycles. The Morgan fingerprint density at radius 2 is 2.00 bits per heavy atom. The molecule has 1 aromatic carbocycles. The third-order valence-electron chi connectivity index (χ3n) is 3.87. The Morgan fingerprint density at radius 1 is 1.35 bits per heavy atom. The standard InChI is InChI=1S/C16H23NO3/c1-13(11-18)17(15-9-5-6-10-15)16(19)20-12-14-7-3-2-4-8-14/h2-4,7-8,13,15,18H,5-6,9-12H2,1H3. The summed E-state index contributed by atoms with van der Waals surface area (Å²) >= 11 is 0. The largest absolute Gasteiger partial charge is 0.445 e. The maximum absolute atomic E-state index is 12.3. The summed E-state index contributed by atoms with van der Waals surface area (Å²) < 4.78 is 5.40. The predicted molar refractivity (Wildman–Crippen MR) is 77.3 cm³/mol. The number of aliphatic hydroxyl groups excluding tert-OH is 1. The minimum Gasteiger partial charge on any atom is -0.445 e. The molecule has 110 valence electrons. The van der Waals surface area contributed by atoms with Crippen molar-refractivity contribution in [1.29, 1.82) is 0 Å². The molecule has 0 radical (unpaired) electrons. The lowest BCUT2D eigenvalue weighted by Crippen LogP contribution is -2.46. The van der Waals surface area contributed by atoms with Crippen LogP contribution in [0.5, 0.6) is 0 Å². The second-order valence-corrected chi connectivity index (χ2v) is 5.42. The summed E-state index contributed by atoms with van der Waals surface area (Å²) in [4.78, 5) is 14.0. The summed E-state index contributed by atoms with van der Waals surface area (Å²) in [6.45, 7) is 2.11. The first-order valence-corrected chi connectivity index (χ1v) is 7.32. The maximum atomic E-state index is 12.3. The molecule has 0 aromatic heterocycles. The van der Waals surface area contributed by atoms with Gasteiger partial charge in [0, 0.05) is 6.04 Å². The lowest BCUT2D eigenvalue weighted by molar-refractivity contribution is 0.0496. The van der Waals surface area contributed by atoms with E-state index in [4.69, 9.17) is 4.74 Å². The van der Waals surface area contributed by atoms with E-state index in [1.807, 2.05) is 37.3 Å². The minimum atomic E-state index is -0.317. The fraction of sp³-hybridized carbons (Fsp3) is 0.562. The molecule has 0 bridgehead atoms. The van der Waals surface area contributed by atoms with Crippen LogP contribution in [-0.4, -0.2) is 34.8 Å². The summed E-state index contributed by atoms with van der Waals surface area (Å²) in [5.74, 6) is 0. The van der Waals surface area contributed by atoms with E-state index < -0.39 is 0 Å². The molecule has 0 heterocycles. The summed E-state index contributed by atoms with van der Waals surface area (Å²) in [5, 5.41) is 9.35. The van der Waals surface area contributed by atoms with Crippen molar-refractivity contribution >= 4 is 6.09 Å². The quantitative estimate of drug-likeness (QED) is 0.900. The SMILES string of the molecule is CC(CO)N(C(=O)OCc1ccccc1)C1CCCC1. The van der Waals surface area contributed by atoms with Crippen molar-refractivity contribution in [3.63, 3.8) is 0 Å². The van der Waals surface area contributed by atoms with Crippen LogP contribution in [0, 0.1) is 0 Å². The molecule has 1 saturated carbocycles. The van der Waals surface area contributed by atoms with Crippen LogP contribution in [0.15, 0.2) is 30.3 Å². The molecule has 1 amide bonds. The van der Waals surface area contributed by atoms with Gasteiger partial charge in [0.1, 0.15) is 6.61 Å². The van der Waals surface area contributed by atoms with Crippen molar-refractivity contribution in [2.75, 3.05) is 6.61 Å². The number of rotatable bonds is 5. The summed E-state index contributed by atoms with van der Waals surface area (Å²) in [6, 6.07) is 9.67. The lowest BCUT2D eigenvalue weighted by Gasteiger charge is -2.32. The van der Waals surface area contributed by atoms with Crippen LogP contribution in [-0.2, 0) is 11.3 Å². The van der Waals surface area contributed by atoms with Crippen LogP contribution in [0.2, 0.25) is 0 Å². The van der Waals surface area contributed by atoms with Gasteiger partial charge in [-0.05, 0) is 25.3 Å². The van der Waals surface area contributed by atoms with Gasteiger partial charge in [-0.15, -0.1) is 0 Å². The number of hydrogen-bond donors (Lipinski definition) is 1. The molecule has 1 N–H and O–H groups in total. The number of carbonyl (C=O) groups excluding carboxylic acids is 1. The van der Waals surface area contributed by atoms with E-state index in [0.29, 0.717) is 0 Å². The molecule has 1 unspecified atom stereocenters. The number of hydrogen-bond acceptors (Lipinski definition) is 3. The van der Waals surface area contributed by atoms with Gasteiger partial charge < -0.3 is 14.7 Å². The molecule has 2 rings (SSSR count). The Hall–Kier alpha value is -1.55. The molecule has 1 fully saturated rings. The number of ether oxygens (including phenoxy) is 1. The van der Waals surface area contributed by atoms with E-state index in [9.17, 15) is 9.90 Å². The highest BCUT2D eigenvalue weighted by Crippen LogP contribution is 2.26. The van der Waals surface area contributed by atoms with Crippen LogP contribution in [0.25, 0.3) is 0 Å². The van der Waals surface area contributed by atoms with Crippen LogP contribution in [0.3, 0.4) is 0 Å². The van der Waals surface area contributed by atoms with Crippen LogP contribution >= 0.6 is 0 Å². The van der Waals surface area contributed by atoms with Crippen molar-refractivity contribution in [3.05, 3.63) is 35.9 Å². The zero-order valence-corrected chi connectivity index (χ0v) is 12.0. The Morgan fingerprint density at radius 3 is 2.60 bits per heavy atom. The predicted octanol–water partition coefficient (Wildman–Crippen LogP) is 2.95. The van der Waals surface area contributed by atoms with Crippen molar-refractivity contribution in [1.82, 2.24) is 4.90 Å². The summed E-state index contributed by atoms with van der Waals surface area (Å²) in [6.07, 6.45) is 3.98. The highest BCUT2D eigenvalue weighted by molar-refractivity contribution is 5.68. The summed E-state index contributed by atoms with van der Waals surface area (Å²) in [5.41, 5.74) is 0.976. The second kappa shape index (κ2) is 7.29. The molecule has 20 heavy (non-hydrogen) atoms. The first-order chi connectivity index (χ1) is 9.72. The lowest BCUT2D eigenvalue weighted by atomic mass is 10.1. The van der Waals surface area contributed by atoms with Crippen LogP contribution in [0.4, 0.5) is 4.79 Å². The van der Waals surface area contributed by atoms with Gasteiger partial charge in [-0.25, -0.2) is 4.79 Å². The van der Waals surface area contributed by atoms with E-state index in [-0.39, 0.29) is 31.4 Å². The number of carbonyl (C=O) groups is 1. The average molecular weight is 277 g/mol. The third-order valence-corrected chi connectivity index (χ3v) is 3.87. The average Bonchev–Trinajstić information content (AvgIpc) is 3.00. The molecular formula is C16H23NO3. The van der Waals surface area contributed by atoms with Gasteiger partial charge in [-0.1, -0.05) is 43.2 Å². The van der Waals surface area contributed by atoms with E-state index in [0.717, 1.165) is 31.2 Å². The van der Waals surface area contributed by atoms with Crippen molar-refractivity contribution < 1.29 is 14.6 Å². The van der Waals surface area contributed by atoms with Gasteiger partial charge in [-0.2, -0.15) is 0 Å². The topological polar surface area (TPSA) is 49.8 Å². The number of benzene rings is 1. The minimum absolute atomic E-state index is 0.0308.